The summed E-state index contributed by atoms with van der Waals surface area (Å²) < 4.78 is 0. The van der Waals surface area contributed by atoms with Gasteiger partial charge in [-0.25, -0.2) is 0 Å². The predicted octanol–water partition coefficient (Wildman–Crippen LogP) is 5.70. The Kier molecular flexibility index (Phi) is 9.30. The molecule has 0 atom stereocenters. The van der Waals surface area contributed by atoms with E-state index in [2.05, 4.69) is 51.3 Å². The van der Waals surface area contributed by atoms with Crippen LogP contribution in [-0.4, -0.2) is 0 Å². The molecule has 0 aromatic carbocycles. The molecule has 0 saturated carbocycles. The van der Waals surface area contributed by atoms with Gasteiger partial charge in [-0.2, -0.15) is 0 Å². The second-order valence-corrected chi connectivity index (χ2v) is 4.06. The van der Waals surface area contributed by atoms with E-state index in [-0.39, 0.29) is 0 Å². The summed E-state index contributed by atoms with van der Waals surface area (Å²) in [4.78, 5) is 0. The zero-order chi connectivity index (χ0) is 13.8. The maximum Gasteiger partial charge on any atom is -0.0160 e. The number of hydrogen-bond donors (Lipinski definition) is 0. The Bertz CT molecular complexity index is 409. The molecule has 0 fully saturated rings. The molecule has 0 amide bonds. The van der Waals surface area contributed by atoms with E-state index in [9.17, 15) is 0 Å². The average molecular weight is 240 g/mol. The molecule has 0 bridgehead atoms. The lowest BCUT2D eigenvalue weighted by molar-refractivity contribution is 1.33. The van der Waals surface area contributed by atoms with Crippen molar-refractivity contribution < 1.29 is 0 Å². The van der Waals surface area contributed by atoms with Gasteiger partial charge in [0.25, 0.3) is 0 Å². The highest BCUT2D eigenvalue weighted by Crippen LogP contribution is 2.07. The van der Waals surface area contributed by atoms with Crippen molar-refractivity contribution in [2.45, 2.75) is 27.2 Å². The first-order chi connectivity index (χ1) is 8.61. The summed E-state index contributed by atoms with van der Waals surface area (Å²) in [6.07, 6.45) is 19.2. The maximum atomic E-state index is 3.99. The Morgan fingerprint density at radius 3 is 2.39 bits per heavy atom. The van der Waals surface area contributed by atoms with Gasteiger partial charge in [-0.3, -0.25) is 0 Å². The van der Waals surface area contributed by atoms with Crippen molar-refractivity contribution in [3.8, 4) is 0 Å². The minimum atomic E-state index is 0.937. The van der Waals surface area contributed by atoms with E-state index in [1.165, 1.54) is 11.1 Å². The van der Waals surface area contributed by atoms with E-state index in [1.807, 2.05) is 31.2 Å². The molecule has 0 radical (unpaired) electrons. The van der Waals surface area contributed by atoms with Gasteiger partial charge >= 0.3 is 0 Å². The lowest BCUT2D eigenvalue weighted by atomic mass is 10.1. The summed E-state index contributed by atoms with van der Waals surface area (Å²) in [5.41, 5.74) is 3.52. The van der Waals surface area contributed by atoms with Crippen molar-refractivity contribution >= 4 is 0 Å². The molecule has 0 rings (SSSR count). The van der Waals surface area contributed by atoms with Crippen LogP contribution in [0.3, 0.4) is 0 Å². The third-order valence-electron chi connectivity index (χ3n) is 2.56. The van der Waals surface area contributed by atoms with Gasteiger partial charge in [-0.15, -0.1) is 0 Å². The molecule has 0 unspecified atom stereocenters. The highest BCUT2D eigenvalue weighted by atomic mass is 13.9. The molecule has 0 aromatic heterocycles. The molecule has 0 spiro atoms. The molecule has 0 N–H and O–H groups in total. The van der Waals surface area contributed by atoms with Gasteiger partial charge in [0.2, 0.25) is 0 Å². The van der Waals surface area contributed by atoms with E-state index >= 15 is 0 Å². The van der Waals surface area contributed by atoms with Crippen molar-refractivity contribution in [2.24, 2.45) is 0 Å². The Morgan fingerprint density at radius 1 is 1.06 bits per heavy atom. The fourth-order valence-corrected chi connectivity index (χ4v) is 1.19. The highest BCUT2D eigenvalue weighted by molar-refractivity contribution is 5.36. The number of rotatable bonds is 7. The minimum Gasteiger partial charge on any atom is -0.0991 e. The molecular formula is C18H24. The van der Waals surface area contributed by atoms with Gasteiger partial charge in [-0.1, -0.05) is 73.4 Å². The molecule has 0 heteroatoms. The zero-order valence-corrected chi connectivity index (χ0v) is 11.8. The third-order valence-corrected chi connectivity index (χ3v) is 2.56. The fraction of sp³-hybridized carbons (Fsp3) is 0.222. The van der Waals surface area contributed by atoms with Crippen LogP contribution < -0.4 is 0 Å². The third kappa shape index (κ3) is 8.35. The maximum absolute atomic E-state index is 3.99. The largest absolute Gasteiger partial charge is 0.0991 e. The van der Waals surface area contributed by atoms with Crippen LogP contribution in [0.2, 0.25) is 0 Å². The van der Waals surface area contributed by atoms with Crippen LogP contribution in [0.4, 0.5) is 0 Å². The van der Waals surface area contributed by atoms with Gasteiger partial charge in [0.1, 0.15) is 0 Å². The van der Waals surface area contributed by atoms with Crippen molar-refractivity contribution in [1.29, 1.82) is 0 Å². The lowest BCUT2D eigenvalue weighted by Crippen LogP contribution is -1.75. The second kappa shape index (κ2) is 10.3. The van der Waals surface area contributed by atoms with Gasteiger partial charge in [0, 0.05) is 0 Å². The van der Waals surface area contributed by atoms with Crippen LogP contribution >= 0.6 is 0 Å². The fourth-order valence-electron chi connectivity index (χ4n) is 1.19. The molecule has 96 valence electrons. The topological polar surface area (TPSA) is 0 Å². The summed E-state index contributed by atoms with van der Waals surface area (Å²) in [6.45, 7) is 13.8. The molecule has 0 saturated heterocycles. The van der Waals surface area contributed by atoms with Gasteiger partial charge in [-0.05, 0) is 38.3 Å². The van der Waals surface area contributed by atoms with E-state index in [0.717, 1.165) is 12.0 Å². The number of allylic oxidation sites excluding steroid dienone is 12. The smallest absolute Gasteiger partial charge is 0.0160 e. The Balaban J connectivity index is 4.13. The first kappa shape index (κ1) is 16.2. The van der Waals surface area contributed by atoms with E-state index < -0.39 is 0 Å². The molecule has 0 aromatic rings. The van der Waals surface area contributed by atoms with Crippen LogP contribution in [0.15, 0.2) is 84.6 Å². The average Bonchev–Trinajstić information content (AvgIpc) is 2.38. The quantitative estimate of drug-likeness (QED) is 0.501. The van der Waals surface area contributed by atoms with Crippen LogP contribution in [-0.2, 0) is 0 Å². The lowest BCUT2D eigenvalue weighted by Gasteiger charge is -1.96. The normalized spacial score (nSPS) is 13.9. The second-order valence-electron chi connectivity index (χ2n) is 4.06. The van der Waals surface area contributed by atoms with Crippen molar-refractivity contribution in [3.05, 3.63) is 84.6 Å². The molecule has 0 nitrogen and oxygen atoms in total. The van der Waals surface area contributed by atoms with Crippen LogP contribution in [0.5, 0.6) is 0 Å². The van der Waals surface area contributed by atoms with Gasteiger partial charge in [0.05, 0.1) is 0 Å². The van der Waals surface area contributed by atoms with E-state index in [1.54, 1.807) is 6.08 Å². The molecule has 0 aliphatic carbocycles. The molecule has 0 heterocycles. The monoisotopic (exact) mass is 240 g/mol. The predicted molar refractivity (Wildman–Crippen MR) is 84.6 cm³/mol. The first-order valence-electron chi connectivity index (χ1n) is 6.23. The van der Waals surface area contributed by atoms with Gasteiger partial charge in [0.15, 0.2) is 0 Å². The molecule has 0 aliphatic heterocycles. The van der Waals surface area contributed by atoms with Crippen LogP contribution in [0.1, 0.15) is 27.2 Å². The Labute approximate surface area is 112 Å². The minimum absolute atomic E-state index is 0.937. The summed E-state index contributed by atoms with van der Waals surface area (Å²) >= 11 is 0. The first-order valence-corrected chi connectivity index (χ1v) is 6.23. The van der Waals surface area contributed by atoms with Crippen molar-refractivity contribution in [3.63, 3.8) is 0 Å². The standard InChI is InChI=1S/C18H24/c1-6-8-13-16(3)14-11-9-10-12-15-18(5)17(4)7-2/h6-10,12-15H,1,5,11H2,2-4H3/b10-9-,13-8-,15-12-,16-14+,17-7-. The Hall–Kier alpha value is -1.82. The van der Waals surface area contributed by atoms with Crippen LogP contribution in [0, 0.1) is 0 Å². The zero-order valence-electron chi connectivity index (χ0n) is 11.8. The van der Waals surface area contributed by atoms with E-state index in [0.29, 0.717) is 0 Å². The molecule has 18 heavy (non-hydrogen) atoms. The molecule has 0 aliphatic rings. The number of hydrogen-bond acceptors (Lipinski definition) is 0. The highest BCUT2D eigenvalue weighted by Gasteiger charge is 1.87. The van der Waals surface area contributed by atoms with Crippen molar-refractivity contribution in [2.75, 3.05) is 0 Å². The summed E-state index contributed by atoms with van der Waals surface area (Å²) in [6, 6.07) is 0. The SMILES string of the molecule is C=C/C=C\C(C)=C\C/C=C\C=C/C(=C)/C(C)=C\C. The summed E-state index contributed by atoms with van der Waals surface area (Å²) in [5, 5.41) is 0. The molecular weight excluding hydrogens is 216 g/mol. The van der Waals surface area contributed by atoms with Crippen molar-refractivity contribution in [1.82, 2.24) is 0 Å². The summed E-state index contributed by atoms with van der Waals surface area (Å²) in [7, 11) is 0. The van der Waals surface area contributed by atoms with Crippen LogP contribution in [0.25, 0.3) is 0 Å². The Morgan fingerprint density at radius 2 is 1.78 bits per heavy atom. The summed E-state index contributed by atoms with van der Waals surface area (Å²) in [5.74, 6) is 0. The van der Waals surface area contributed by atoms with E-state index in [4.69, 9.17) is 0 Å². The van der Waals surface area contributed by atoms with Gasteiger partial charge < -0.3 is 0 Å².